The molecule has 0 radical (unpaired) electrons. The lowest BCUT2D eigenvalue weighted by atomic mass is 10.0. The second kappa shape index (κ2) is 6.61. The molecule has 1 aromatic carbocycles. The van der Waals surface area contributed by atoms with Gasteiger partial charge < -0.3 is 0 Å². The van der Waals surface area contributed by atoms with Gasteiger partial charge in [0.15, 0.2) is 9.84 Å². The summed E-state index contributed by atoms with van der Waals surface area (Å²) >= 11 is 0. The highest BCUT2D eigenvalue weighted by molar-refractivity contribution is 7.91. The van der Waals surface area contributed by atoms with Crippen molar-refractivity contribution < 1.29 is 8.42 Å². The first-order valence-corrected chi connectivity index (χ1v) is 7.95. The summed E-state index contributed by atoms with van der Waals surface area (Å²) in [7, 11) is -3.09. The molecule has 0 aromatic heterocycles. The van der Waals surface area contributed by atoms with E-state index in [-0.39, 0.29) is 5.75 Å². The smallest absolute Gasteiger partial charge is 0.178 e. The largest absolute Gasteiger partial charge is 0.224 e. The van der Waals surface area contributed by atoms with Gasteiger partial charge in [0.2, 0.25) is 0 Å². The Morgan fingerprint density at radius 3 is 2.28 bits per heavy atom. The van der Waals surface area contributed by atoms with Crippen LogP contribution in [0.4, 0.5) is 0 Å². The Kier molecular flexibility index (Phi) is 5.43. The molecule has 1 rings (SSSR count). The van der Waals surface area contributed by atoms with Gasteiger partial charge in [0.1, 0.15) is 0 Å². The topological polar surface area (TPSA) is 34.1 Å². The summed E-state index contributed by atoms with van der Waals surface area (Å²) in [4.78, 5) is 0.404. The van der Waals surface area contributed by atoms with Crippen LogP contribution < -0.4 is 0 Å². The van der Waals surface area contributed by atoms with Crippen LogP contribution in [0.15, 0.2) is 29.2 Å². The summed E-state index contributed by atoms with van der Waals surface area (Å²) in [6.07, 6.45) is 1.73. The van der Waals surface area contributed by atoms with Crippen LogP contribution in [-0.2, 0) is 16.3 Å². The van der Waals surface area contributed by atoms with Gasteiger partial charge >= 0.3 is 0 Å². The van der Waals surface area contributed by atoms with Crippen LogP contribution in [0.25, 0.3) is 0 Å². The lowest BCUT2D eigenvalue weighted by molar-refractivity contribution is 0.597. The van der Waals surface area contributed by atoms with Crippen LogP contribution in [0.1, 0.15) is 32.8 Å². The molecule has 0 fully saturated rings. The molecule has 0 N–H and O–H groups in total. The molecule has 0 amide bonds. The molecule has 2 nitrogen and oxygen atoms in total. The summed E-state index contributed by atoms with van der Waals surface area (Å²) in [5, 5.41) is 0. The first-order chi connectivity index (χ1) is 8.49. The van der Waals surface area contributed by atoms with Crippen molar-refractivity contribution in [2.75, 3.05) is 5.75 Å². The molecule has 98 valence electrons. The van der Waals surface area contributed by atoms with E-state index in [2.05, 4.69) is 18.8 Å². The zero-order valence-corrected chi connectivity index (χ0v) is 12.0. The zero-order valence-electron chi connectivity index (χ0n) is 11.2. The van der Waals surface area contributed by atoms with Crippen LogP contribution in [0, 0.1) is 17.8 Å². The van der Waals surface area contributed by atoms with Gasteiger partial charge in [-0.05, 0) is 24.1 Å². The molecule has 18 heavy (non-hydrogen) atoms. The van der Waals surface area contributed by atoms with E-state index in [9.17, 15) is 8.42 Å². The average molecular weight is 264 g/mol. The summed E-state index contributed by atoms with van der Waals surface area (Å²) in [5.41, 5.74) is 1.13. The molecule has 0 aliphatic carbocycles. The maximum absolute atomic E-state index is 11.7. The second-order valence-corrected chi connectivity index (χ2v) is 6.61. The minimum absolute atomic E-state index is 0.144. The molecule has 0 aliphatic rings. The van der Waals surface area contributed by atoms with Crippen molar-refractivity contribution in [1.82, 2.24) is 0 Å². The molecular weight excluding hydrogens is 244 g/mol. The van der Waals surface area contributed by atoms with E-state index < -0.39 is 9.84 Å². The quantitative estimate of drug-likeness (QED) is 0.783. The molecular formula is C15H20O2S. The molecule has 0 heterocycles. The summed E-state index contributed by atoms with van der Waals surface area (Å²) < 4.78 is 23.3. The fraction of sp³-hybridized carbons (Fsp3) is 0.467. The standard InChI is InChI=1S/C15H20O2S/c1-4-6-7-13(3)12-14-8-10-15(11-9-14)18(16,17)5-2/h8-11,13H,4-5,12H2,1-3H3. The monoisotopic (exact) mass is 264 g/mol. The van der Waals surface area contributed by atoms with Gasteiger partial charge in [-0.2, -0.15) is 0 Å². The third-order valence-corrected chi connectivity index (χ3v) is 4.48. The van der Waals surface area contributed by atoms with Crippen molar-refractivity contribution in [3.8, 4) is 11.8 Å². The van der Waals surface area contributed by atoms with E-state index >= 15 is 0 Å². The zero-order chi connectivity index (χ0) is 13.6. The van der Waals surface area contributed by atoms with E-state index in [1.54, 1.807) is 19.1 Å². The van der Waals surface area contributed by atoms with E-state index in [0.717, 1.165) is 18.4 Å². The lowest BCUT2D eigenvalue weighted by Crippen LogP contribution is -2.04. The summed E-state index contributed by atoms with van der Waals surface area (Å²) in [6, 6.07) is 7.14. The summed E-state index contributed by atoms with van der Waals surface area (Å²) in [5.74, 6) is 6.68. The Balaban J connectivity index is 2.78. The maximum atomic E-state index is 11.7. The molecule has 1 atom stereocenters. The van der Waals surface area contributed by atoms with E-state index in [1.165, 1.54) is 0 Å². The molecule has 0 saturated heterocycles. The molecule has 0 aliphatic heterocycles. The number of hydrogen-bond donors (Lipinski definition) is 0. The third kappa shape index (κ3) is 4.19. The normalized spacial score (nSPS) is 12.6. The van der Waals surface area contributed by atoms with Crippen LogP contribution in [0.3, 0.4) is 0 Å². The van der Waals surface area contributed by atoms with Crippen molar-refractivity contribution >= 4 is 9.84 Å². The number of sulfone groups is 1. The van der Waals surface area contributed by atoms with Crippen LogP contribution in [0.2, 0.25) is 0 Å². The van der Waals surface area contributed by atoms with Crippen molar-refractivity contribution in [2.45, 2.75) is 38.5 Å². The molecule has 0 bridgehead atoms. The highest BCUT2D eigenvalue weighted by atomic mass is 32.2. The molecule has 0 saturated carbocycles. The first-order valence-electron chi connectivity index (χ1n) is 6.29. The molecule has 3 heteroatoms. The molecule has 0 spiro atoms. The van der Waals surface area contributed by atoms with Crippen LogP contribution >= 0.6 is 0 Å². The predicted molar refractivity (Wildman–Crippen MR) is 75.1 cm³/mol. The second-order valence-electron chi connectivity index (χ2n) is 4.33. The van der Waals surface area contributed by atoms with Gasteiger partial charge in [-0.1, -0.05) is 38.8 Å². The maximum Gasteiger partial charge on any atom is 0.178 e. The Hall–Kier alpha value is -1.27. The third-order valence-electron chi connectivity index (χ3n) is 2.73. The van der Waals surface area contributed by atoms with Gasteiger partial charge in [0.05, 0.1) is 10.6 Å². The highest BCUT2D eigenvalue weighted by Gasteiger charge is 2.10. The van der Waals surface area contributed by atoms with Crippen LogP contribution in [-0.4, -0.2) is 14.2 Å². The van der Waals surface area contributed by atoms with Gasteiger partial charge in [-0.25, -0.2) is 8.42 Å². The number of rotatable bonds is 4. The van der Waals surface area contributed by atoms with Crippen molar-refractivity contribution in [1.29, 1.82) is 0 Å². The minimum Gasteiger partial charge on any atom is -0.224 e. The van der Waals surface area contributed by atoms with Crippen molar-refractivity contribution in [3.05, 3.63) is 29.8 Å². The van der Waals surface area contributed by atoms with E-state index in [0.29, 0.717) is 10.8 Å². The SMILES string of the molecule is CCC#CC(C)Cc1ccc(S(=O)(=O)CC)cc1. The lowest BCUT2D eigenvalue weighted by Gasteiger charge is -2.06. The van der Waals surface area contributed by atoms with E-state index in [4.69, 9.17) is 0 Å². The predicted octanol–water partition coefficient (Wildman–Crippen LogP) is 3.07. The Morgan fingerprint density at radius 1 is 1.17 bits per heavy atom. The molecule has 1 aromatic rings. The van der Waals surface area contributed by atoms with Crippen molar-refractivity contribution in [2.24, 2.45) is 5.92 Å². The summed E-state index contributed by atoms with van der Waals surface area (Å²) in [6.45, 7) is 5.77. The van der Waals surface area contributed by atoms with Crippen LogP contribution in [0.5, 0.6) is 0 Å². The Labute approximate surface area is 110 Å². The van der Waals surface area contributed by atoms with E-state index in [1.807, 2.05) is 19.1 Å². The van der Waals surface area contributed by atoms with Gasteiger partial charge in [0.25, 0.3) is 0 Å². The highest BCUT2D eigenvalue weighted by Crippen LogP contribution is 2.14. The van der Waals surface area contributed by atoms with Gasteiger partial charge in [-0.3, -0.25) is 0 Å². The van der Waals surface area contributed by atoms with Gasteiger partial charge in [0, 0.05) is 12.3 Å². The minimum atomic E-state index is -3.09. The molecule has 1 unspecified atom stereocenters. The number of benzene rings is 1. The first kappa shape index (κ1) is 14.8. The number of hydrogen-bond acceptors (Lipinski definition) is 2. The average Bonchev–Trinajstić information content (AvgIpc) is 2.37. The fourth-order valence-electron chi connectivity index (χ4n) is 1.68. The Bertz CT molecular complexity index is 530. The van der Waals surface area contributed by atoms with Gasteiger partial charge in [-0.15, -0.1) is 5.92 Å². The van der Waals surface area contributed by atoms with Crippen molar-refractivity contribution in [3.63, 3.8) is 0 Å². The Morgan fingerprint density at radius 2 is 1.78 bits per heavy atom. The fourth-order valence-corrected chi connectivity index (χ4v) is 2.56.